The highest BCUT2D eigenvalue weighted by Crippen LogP contribution is 1.99. The second kappa shape index (κ2) is 11.0. The Labute approximate surface area is 148 Å². The number of Topliss-reactive ketones (excluding diaryl/α,β-unsaturated/α-hetero) is 2. The maximum atomic E-state index is 11.9. The zero-order chi connectivity index (χ0) is 17.7. The van der Waals surface area contributed by atoms with Gasteiger partial charge in [0.2, 0.25) is 5.78 Å². The van der Waals surface area contributed by atoms with E-state index in [1.807, 2.05) is 48.5 Å². The van der Waals surface area contributed by atoms with Crippen LogP contribution < -0.4 is 10.6 Å². The van der Waals surface area contributed by atoms with Gasteiger partial charge in [0.05, 0.1) is 19.3 Å². The summed E-state index contributed by atoms with van der Waals surface area (Å²) in [5.74, 6) is 0.00585. The van der Waals surface area contributed by atoms with Crippen molar-refractivity contribution < 1.29 is 9.59 Å². The summed E-state index contributed by atoms with van der Waals surface area (Å²) in [5.41, 5.74) is 1.37. The van der Waals surface area contributed by atoms with Crippen molar-refractivity contribution in [2.75, 3.05) is 32.7 Å². The second-order valence-electron chi connectivity index (χ2n) is 5.48. The van der Waals surface area contributed by atoms with Crippen LogP contribution in [0.1, 0.15) is 20.7 Å². The van der Waals surface area contributed by atoms with Gasteiger partial charge >= 0.3 is 0 Å². The summed E-state index contributed by atoms with van der Waals surface area (Å²) in [4.78, 5) is 27.8. The summed E-state index contributed by atoms with van der Waals surface area (Å²) >= 11 is 0. The van der Waals surface area contributed by atoms with Crippen LogP contribution in [0.5, 0.6) is 0 Å². The van der Waals surface area contributed by atoms with Crippen molar-refractivity contribution in [3.05, 3.63) is 71.8 Å². The van der Waals surface area contributed by atoms with Crippen LogP contribution in [0.15, 0.2) is 65.7 Å². The molecule has 0 saturated heterocycles. The summed E-state index contributed by atoms with van der Waals surface area (Å²) in [6.07, 6.45) is 1.37. The second-order valence-corrected chi connectivity index (χ2v) is 5.48. The molecule has 0 aliphatic heterocycles. The zero-order valence-corrected chi connectivity index (χ0v) is 14.2. The molecule has 0 atom stereocenters. The molecule has 25 heavy (non-hydrogen) atoms. The van der Waals surface area contributed by atoms with E-state index in [1.54, 1.807) is 12.1 Å². The third-order valence-electron chi connectivity index (χ3n) is 3.54. The summed E-state index contributed by atoms with van der Waals surface area (Å²) < 4.78 is 0. The average molecular weight is 337 g/mol. The van der Waals surface area contributed by atoms with E-state index < -0.39 is 0 Å². The molecule has 0 unspecified atom stereocenters. The van der Waals surface area contributed by atoms with Gasteiger partial charge in [0.1, 0.15) is 0 Å². The van der Waals surface area contributed by atoms with Gasteiger partial charge < -0.3 is 10.6 Å². The molecule has 2 rings (SSSR count). The molecule has 0 heterocycles. The van der Waals surface area contributed by atoms with Gasteiger partial charge in [-0.05, 0) is 0 Å². The fourth-order valence-electron chi connectivity index (χ4n) is 2.20. The van der Waals surface area contributed by atoms with E-state index in [-0.39, 0.29) is 11.6 Å². The number of hydrogen-bond acceptors (Lipinski definition) is 5. The van der Waals surface area contributed by atoms with Crippen molar-refractivity contribution in [1.82, 2.24) is 10.6 Å². The smallest absolute Gasteiger partial charge is 0.203 e. The molecule has 0 aliphatic rings. The largest absolute Gasteiger partial charge is 0.314 e. The minimum Gasteiger partial charge on any atom is -0.314 e. The first-order valence-corrected chi connectivity index (χ1v) is 8.36. The SMILES string of the molecule is O=C(C=NCCNCCNCC(=O)c1ccccc1)c1ccccc1. The molecule has 0 bridgehead atoms. The molecule has 5 heteroatoms. The van der Waals surface area contributed by atoms with Crippen LogP contribution >= 0.6 is 0 Å². The molecule has 0 spiro atoms. The number of ketones is 2. The highest BCUT2D eigenvalue weighted by molar-refractivity contribution is 6.35. The van der Waals surface area contributed by atoms with Crippen LogP contribution in [0.4, 0.5) is 0 Å². The molecule has 0 aliphatic carbocycles. The van der Waals surface area contributed by atoms with Crippen LogP contribution in [-0.2, 0) is 0 Å². The zero-order valence-electron chi connectivity index (χ0n) is 14.2. The summed E-state index contributed by atoms with van der Waals surface area (Å²) in [6, 6.07) is 18.3. The van der Waals surface area contributed by atoms with Crippen LogP contribution in [-0.4, -0.2) is 50.5 Å². The fourth-order valence-corrected chi connectivity index (χ4v) is 2.20. The highest BCUT2D eigenvalue weighted by Gasteiger charge is 2.03. The molecule has 0 saturated carbocycles. The maximum Gasteiger partial charge on any atom is 0.203 e. The van der Waals surface area contributed by atoms with Crippen molar-refractivity contribution in [3.63, 3.8) is 0 Å². The molecule has 130 valence electrons. The van der Waals surface area contributed by atoms with Crippen molar-refractivity contribution >= 4 is 17.8 Å². The Morgan fingerprint density at radius 3 is 2.08 bits per heavy atom. The molecule has 2 aromatic carbocycles. The first-order valence-electron chi connectivity index (χ1n) is 8.36. The van der Waals surface area contributed by atoms with Crippen LogP contribution in [0.3, 0.4) is 0 Å². The third-order valence-corrected chi connectivity index (χ3v) is 3.54. The number of nitrogens with one attached hydrogen (secondary N) is 2. The van der Waals surface area contributed by atoms with Gasteiger partial charge in [-0.15, -0.1) is 0 Å². The normalized spacial score (nSPS) is 10.9. The molecule has 0 aromatic heterocycles. The molecule has 5 nitrogen and oxygen atoms in total. The van der Waals surface area contributed by atoms with Gasteiger partial charge in [-0.2, -0.15) is 0 Å². The average Bonchev–Trinajstić information content (AvgIpc) is 2.67. The predicted octanol–water partition coefficient (Wildman–Crippen LogP) is 2.00. The van der Waals surface area contributed by atoms with Gasteiger partial charge in [0.15, 0.2) is 5.78 Å². The van der Waals surface area contributed by atoms with E-state index in [4.69, 9.17) is 0 Å². The lowest BCUT2D eigenvalue weighted by molar-refractivity contribution is 0.0990. The highest BCUT2D eigenvalue weighted by atomic mass is 16.1. The molecular formula is C20H23N3O2. The van der Waals surface area contributed by atoms with E-state index in [0.717, 1.165) is 12.1 Å². The minimum atomic E-state index is -0.0818. The van der Waals surface area contributed by atoms with Gasteiger partial charge in [-0.25, -0.2) is 0 Å². The third kappa shape index (κ3) is 7.20. The van der Waals surface area contributed by atoms with E-state index in [0.29, 0.717) is 31.7 Å². The number of carbonyl (C=O) groups is 2. The maximum absolute atomic E-state index is 11.9. The topological polar surface area (TPSA) is 70.6 Å². The lowest BCUT2D eigenvalue weighted by atomic mass is 10.1. The van der Waals surface area contributed by atoms with Crippen molar-refractivity contribution in [2.45, 2.75) is 0 Å². The Hall–Kier alpha value is -2.63. The van der Waals surface area contributed by atoms with Crippen LogP contribution in [0.25, 0.3) is 0 Å². The number of rotatable bonds is 11. The van der Waals surface area contributed by atoms with E-state index in [1.165, 1.54) is 6.21 Å². The molecule has 0 fully saturated rings. The van der Waals surface area contributed by atoms with Gasteiger partial charge in [-0.3, -0.25) is 14.6 Å². The number of benzene rings is 2. The Kier molecular flexibility index (Phi) is 8.24. The first-order chi connectivity index (χ1) is 12.3. The van der Waals surface area contributed by atoms with Crippen LogP contribution in [0.2, 0.25) is 0 Å². The Morgan fingerprint density at radius 2 is 1.40 bits per heavy atom. The van der Waals surface area contributed by atoms with Gasteiger partial charge in [0.25, 0.3) is 0 Å². The molecule has 2 N–H and O–H groups in total. The molecule has 0 radical (unpaired) electrons. The lowest BCUT2D eigenvalue weighted by Gasteiger charge is -2.05. The predicted molar refractivity (Wildman–Crippen MR) is 101 cm³/mol. The first kappa shape index (κ1) is 18.7. The summed E-state index contributed by atoms with van der Waals surface area (Å²) in [7, 11) is 0. The Morgan fingerprint density at radius 1 is 0.800 bits per heavy atom. The number of aliphatic imine (C=N–C) groups is 1. The Balaban J connectivity index is 1.50. The fraction of sp³-hybridized carbons (Fsp3) is 0.250. The summed E-state index contributed by atoms with van der Waals surface area (Å²) in [5, 5.41) is 6.32. The molecule has 0 amide bonds. The van der Waals surface area contributed by atoms with E-state index in [9.17, 15) is 9.59 Å². The number of hydrogen-bond donors (Lipinski definition) is 2. The van der Waals surface area contributed by atoms with E-state index in [2.05, 4.69) is 15.6 Å². The van der Waals surface area contributed by atoms with Crippen molar-refractivity contribution in [3.8, 4) is 0 Å². The monoisotopic (exact) mass is 337 g/mol. The summed E-state index contributed by atoms with van der Waals surface area (Å²) in [6.45, 7) is 3.00. The number of nitrogens with zero attached hydrogens (tertiary/aromatic N) is 1. The quantitative estimate of drug-likeness (QED) is 0.374. The number of carbonyl (C=O) groups excluding carboxylic acids is 2. The van der Waals surface area contributed by atoms with E-state index >= 15 is 0 Å². The van der Waals surface area contributed by atoms with Crippen LogP contribution in [0, 0.1) is 0 Å². The molecular weight excluding hydrogens is 314 g/mol. The lowest BCUT2D eigenvalue weighted by Crippen LogP contribution is -2.32. The molecule has 2 aromatic rings. The Bertz CT molecular complexity index is 685. The van der Waals surface area contributed by atoms with Gasteiger partial charge in [-0.1, -0.05) is 60.7 Å². The van der Waals surface area contributed by atoms with Crippen molar-refractivity contribution in [1.29, 1.82) is 0 Å². The van der Waals surface area contributed by atoms with Gasteiger partial charge in [0, 0.05) is 30.8 Å². The standard InChI is InChI=1S/C20H23N3O2/c24-19(17-7-3-1-4-8-17)15-22-13-11-21-12-14-23-16-20(25)18-9-5-2-6-10-18/h1-10,15,21,23H,11-14,16H2. The van der Waals surface area contributed by atoms with Crippen molar-refractivity contribution in [2.24, 2.45) is 4.99 Å². The minimum absolute atomic E-state index is 0.0818.